The van der Waals surface area contributed by atoms with Crippen molar-refractivity contribution in [3.63, 3.8) is 0 Å². The molecule has 0 radical (unpaired) electrons. The van der Waals surface area contributed by atoms with Crippen LogP contribution in [0.2, 0.25) is 0 Å². The van der Waals surface area contributed by atoms with E-state index in [0.717, 1.165) is 35.8 Å². The molecule has 5 aromatic heterocycles. The van der Waals surface area contributed by atoms with E-state index >= 15 is 0 Å². The lowest BCUT2D eigenvalue weighted by atomic mass is 10.2. The van der Waals surface area contributed by atoms with Gasteiger partial charge in [0.1, 0.15) is 22.2 Å². The summed E-state index contributed by atoms with van der Waals surface area (Å²) < 4.78 is 7.76. The van der Waals surface area contributed by atoms with Crippen molar-refractivity contribution in [2.45, 2.75) is 42.6 Å². The maximum Gasteiger partial charge on any atom is 0.260 e. The van der Waals surface area contributed by atoms with Gasteiger partial charge in [-0.25, -0.2) is 4.98 Å². The zero-order valence-corrected chi connectivity index (χ0v) is 19.6. The summed E-state index contributed by atoms with van der Waals surface area (Å²) in [5.74, 6) is 2.32. The highest BCUT2D eigenvalue weighted by molar-refractivity contribution is 7.99. The van der Waals surface area contributed by atoms with E-state index in [1.165, 1.54) is 16.2 Å². The van der Waals surface area contributed by atoms with Crippen molar-refractivity contribution in [3.8, 4) is 11.3 Å². The third-order valence-corrected chi connectivity index (χ3v) is 8.29. The van der Waals surface area contributed by atoms with Crippen LogP contribution in [0.5, 0.6) is 0 Å². The average Bonchev–Trinajstić information content (AvgIpc) is 3.25. The van der Waals surface area contributed by atoms with Crippen LogP contribution < -0.4 is 5.56 Å². The molecule has 1 N–H and O–H groups in total. The second-order valence-corrected chi connectivity index (χ2v) is 11.0. The number of rotatable bonds is 7. The third-order valence-electron chi connectivity index (χ3n) is 5.48. The zero-order chi connectivity index (χ0) is 21.7. The number of nitrogens with one attached hydrogen (secondary N) is 1. The molecule has 1 unspecified atom stereocenters. The Hall–Kier alpha value is -2.69. The van der Waals surface area contributed by atoms with Gasteiger partial charge >= 0.3 is 0 Å². The van der Waals surface area contributed by atoms with Crippen LogP contribution in [0, 0.1) is 0 Å². The molecule has 10 heteroatoms. The standard InChI is InChI=1S/C22H19N5O2S3/c1-12(19-23-20(28)18-15(11-31-21(18)24-19)16-5-2-8-29-16)32-22-26-25-17(27(22)13-6-7-13)10-14-4-3-9-30-14/h2-5,8-9,11-13H,6-7,10H2,1H3,(H,23,24,28). The molecular weight excluding hydrogens is 462 g/mol. The number of aromatic amines is 1. The molecule has 1 fully saturated rings. The van der Waals surface area contributed by atoms with E-state index in [9.17, 15) is 4.79 Å². The van der Waals surface area contributed by atoms with Crippen molar-refractivity contribution < 1.29 is 4.42 Å². The first-order chi connectivity index (χ1) is 15.7. The lowest BCUT2D eigenvalue weighted by molar-refractivity contribution is 0.583. The highest BCUT2D eigenvalue weighted by Gasteiger charge is 2.31. The molecule has 5 aromatic rings. The first-order valence-corrected chi connectivity index (χ1v) is 13.0. The van der Waals surface area contributed by atoms with Crippen molar-refractivity contribution in [1.82, 2.24) is 24.7 Å². The summed E-state index contributed by atoms with van der Waals surface area (Å²) in [4.78, 5) is 22.7. The normalized spacial score (nSPS) is 14.9. The fraction of sp³-hybridized carbons (Fsp3) is 0.273. The van der Waals surface area contributed by atoms with Gasteiger partial charge in [-0.3, -0.25) is 4.79 Å². The number of H-pyrrole nitrogens is 1. The van der Waals surface area contributed by atoms with Crippen LogP contribution >= 0.6 is 34.4 Å². The minimum atomic E-state index is -0.146. The summed E-state index contributed by atoms with van der Waals surface area (Å²) in [5, 5.41) is 14.4. The molecule has 162 valence electrons. The lowest BCUT2D eigenvalue weighted by Gasteiger charge is -2.12. The maximum atomic E-state index is 12.9. The lowest BCUT2D eigenvalue weighted by Crippen LogP contribution is -2.12. The molecule has 0 bridgehead atoms. The molecular formula is C22H19N5O2S3. The number of fused-ring (bicyclic) bond motifs is 1. The van der Waals surface area contributed by atoms with Crippen LogP contribution in [0.1, 0.15) is 47.6 Å². The van der Waals surface area contributed by atoms with Crippen LogP contribution in [0.4, 0.5) is 0 Å². The van der Waals surface area contributed by atoms with E-state index < -0.39 is 0 Å². The smallest absolute Gasteiger partial charge is 0.260 e. The number of aromatic nitrogens is 5. The molecule has 1 aliphatic carbocycles. The average molecular weight is 482 g/mol. The SMILES string of the molecule is CC(Sc1nnc(Cc2cccs2)n1C1CC1)c1nc2scc(-c3ccco3)c2c(=O)[nH]1. The monoisotopic (exact) mass is 481 g/mol. The van der Waals surface area contributed by atoms with Crippen molar-refractivity contribution in [2.24, 2.45) is 0 Å². The van der Waals surface area contributed by atoms with Crippen LogP contribution in [-0.2, 0) is 6.42 Å². The minimum Gasteiger partial charge on any atom is -0.464 e. The molecule has 0 aromatic carbocycles. The van der Waals surface area contributed by atoms with Crippen LogP contribution in [0.25, 0.3) is 21.5 Å². The fourth-order valence-electron chi connectivity index (χ4n) is 3.76. The second-order valence-electron chi connectivity index (χ2n) is 7.77. The van der Waals surface area contributed by atoms with Gasteiger partial charge in [-0.2, -0.15) is 0 Å². The fourth-order valence-corrected chi connectivity index (χ4v) is 6.39. The summed E-state index contributed by atoms with van der Waals surface area (Å²) in [6.07, 6.45) is 4.71. The Balaban J connectivity index is 1.30. The third kappa shape index (κ3) is 3.62. The van der Waals surface area contributed by atoms with Gasteiger partial charge in [0, 0.05) is 28.3 Å². The van der Waals surface area contributed by atoms with Crippen LogP contribution in [0.3, 0.4) is 0 Å². The largest absolute Gasteiger partial charge is 0.464 e. The number of hydrogen-bond donors (Lipinski definition) is 1. The molecule has 1 atom stereocenters. The number of furan rings is 1. The number of thiophene rings is 2. The Bertz CT molecular complexity index is 1430. The molecule has 0 spiro atoms. The van der Waals surface area contributed by atoms with Crippen molar-refractivity contribution in [1.29, 1.82) is 0 Å². The molecule has 7 nitrogen and oxygen atoms in total. The van der Waals surface area contributed by atoms with Crippen molar-refractivity contribution in [3.05, 3.63) is 68.2 Å². The number of hydrogen-bond acceptors (Lipinski definition) is 8. The first-order valence-electron chi connectivity index (χ1n) is 10.4. The highest BCUT2D eigenvalue weighted by Crippen LogP contribution is 2.42. The summed E-state index contributed by atoms with van der Waals surface area (Å²) in [5.41, 5.74) is 0.634. The van der Waals surface area contributed by atoms with E-state index in [0.29, 0.717) is 27.8 Å². The van der Waals surface area contributed by atoms with Gasteiger partial charge in [0.15, 0.2) is 5.16 Å². The Morgan fingerprint density at radius 2 is 2.19 bits per heavy atom. The van der Waals surface area contributed by atoms with Gasteiger partial charge in [-0.15, -0.1) is 32.9 Å². The van der Waals surface area contributed by atoms with Crippen molar-refractivity contribution >= 4 is 44.7 Å². The molecule has 1 aliphatic rings. The predicted molar refractivity (Wildman–Crippen MR) is 128 cm³/mol. The van der Waals surface area contributed by atoms with Gasteiger partial charge in [-0.1, -0.05) is 17.8 Å². The van der Waals surface area contributed by atoms with Crippen LogP contribution in [0.15, 0.2) is 55.7 Å². The van der Waals surface area contributed by atoms with Gasteiger partial charge in [0.25, 0.3) is 5.56 Å². The zero-order valence-electron chi connectivity index (χ0n) is 17.1. The summed E-state index contributed by atoms with van der Waals surface area (Å²) in [7, 11) is 0. The molecule has 0 amide bonds. The number of nitrogens with zero attached hydrogens (tertiary/aromatic N) is 4. The Labute approximate surface area is 195 Å². The van der Waals surface area contributed by atoms with Gasteiger partial charge in [0.2, 0.25) is 0 Å². The Morgan fingerprint density at radius 1 is 1.28 bits per heavy atom. The Morgan fingerprint density at radius 3 is 2.94 bits per heavy atom. The molecule has 32 heavy (non-hydrogen) atoms. The van der Waals surface area contributed by atoms with Crippen LogP contribution in [-0.4, -0.2) is 24.7 Å². The van der Waals surface area contributed by atoms with E-state index in [2.05, 4.69) is 37.3 Å². The van der Waals surface area contributed by atoms with E-state index in [-0.39, 0.29) is 10.8 Å². The van der Waals surface area contributed by atoms with E-state index in [4.69, 9.17) is 9.40 Å². The van der Waals surface area contributed by atoms with Gasteiger partial charge < -0.3 is 14.0 Å². The maximum absolute atomic E-state index is 12.9. The summed E-state index contributed by atoms with van der Waals surface area (Å²) >= 11 is 4.79. The minimum absolute atomic E-state index is 0.0717. The quantitative estimate of drug-likeness (QED) is 0.301. The molecule has 1 saturated carbocycles. The molecule has 6 rings (SSSR count). The van der Waals surface area contributed by atoms with Gasteiger partial charge in [-0.05, 0) is 43.3 Å². The second kappa shape index (κ2) is 8.02. The molecule has 0 aliphatic heterocycles. The predicted octanol–water partition coefficient (Wildman–Crippen LogP) is 5.68. The Kier molecular flexibility index (Phi) is 5.00. The first kappa shape index (κ1) is 20.0. The molecule has 5 heterocycles. The number of thioether (sulfide) groups is 1. The highest BCUT2D eigenvalue weighted by atomic mass is 32.2. The van der Waals surface area contributed by atoms with E-state index in [1.807, 2.05) is 24.4 Å². The van der Waals surface area contributed by atoms with E-state index in [1.54, 1.807) is 29.4 Å². The van der Waals surface area contributed by atoms with Gasteiger partial charge in [0.05, 0.1) is 16.9 Å². The summed E-state index contributed by atoms with van der Waals surface area (Å²) in [6.45, 7) is 2.04. The topological polar surface area (TPSA) is 89.6 Å². The summed E-state index contributed by atoms with van der Waals surface area (Å²) in [6, 6.07) is 8.34. The molecule has 0 saturated heterocycles. The van der Waals surface area contributed by atoms with Crippen molar-refractivity contribution in [2.75, 3.05) is 0 Å².